The Labute approximate surface area is 177 Å². The third-order valence-electron chi connectivity index (χ3n) is 5.10. The molecular weight excluding hydrogens is 414 g/mol. The standard InChI is InChI=1S/C20H20ClN3O4S/c21-13-1-4-19-15(11-13)17(5-10-29-19)22-20(25)16-12-14(24(26)27)2-3-18(16)23-6-8-28-9-7-23/h1-4,11-12,17H,5-10H2,(H,22,25). The summed E-state index contributed by atoms with van der Waals surface area (Å²) >= 11 is 7.90. The molecule has 0 radical (unpaired) electrons. The Morgan fingerprint density at radius 3 is 2.79 bits per heavy atom. The summed E-state index contributed by atoms with van der Waals surface area (Å²) in [5.74, 6) is 0.559. The molecule has 7 nitrogen and oxygen atoms in total. The Morgan fingerprint density at radius 2 is 2.03 bits per heavy atom. The molecule has 2 aliphatic heterocycles. The summed E-state index contributed by atoms with van der Waals surface area (Å²) in [5, 5.41) is 15.0. The van der Waals surface area contributed by atoms with Crippen molar-refractivity contribution < 1.29 is 14.5 Å². The van der Waals surface area contributed by atoms with Crippen LogP contribution in [0.25, 0.3) is 0 Å². The van der Waals surface area contributed by atoms with Gasteiger partial charge >= 0.3 is 0 Å². The SMILES string of the molecule is O=C(NC1CCSc2ccc(Cl)cc21)c1cc([N+](=O)[O-])ccc1N1CCOCC1. The molecule has 152 valence electrons. The average Bonchev–Trinajstić information content (AvgIpc) is 2.74. The quantitative estimate of drug-likeness (QED) is 0.578. The lowest BCUT2D eigenvalue weighted by atomic mass is 10.0. The number of carbonyl (C=O) groups is 1. The average molecular weight is 434 g/mol. The number of carbonyl (C=O) groups excluding carboxylic acids is 1. The lowest BCUT2D eigenvalue weighted by Gasteiger charge is -2.31. The molecular formula is C20H20ClN3O4S. The Kier molecular flexibility index (Phi) is 5.94. The fourth-order valence-electron chi connectivity index (χ4n) is 3.65. The van der Waals surface area contributed by atoms with Crippen molar-refractivity contribution in [2.45, 2.75) is 17.4 Å². The van der Waals surface area contributed by atoms with Crippen molar-refractivity contribution in [1.82, 2.24) is 5.32 Å². The van der Waals surface area contributed by atoms with Crippen molar-refractivity contribution in [2.24, 2.45) is 0 Å². The monoisotopic (exact) mass is 433 g/mol. The smallest absolute Gasteiger partial charge is 0.270 e. The number of nitro groups is 1. The summed E-state index contributed by atoms with van der Waals surface area (Å²) in [7, 11) is 0. The first-order chi connectivity index (χ1) is 14.0. The Bertz CT molecular complexity index is 949. The van der Waals surface area contributed by atoms with E-state index >= 15 is 0 Å². The second-order valence-electron chi connectivity index (χ2n) is 6.90. The number of fused-ring (bicyclic) bond motifs is 1. The second kappa shape index (κ2) is 8.61. The molecule has 2 aromatic rings. The van der Waals surface area contributed by atoms with E-state index in [2.05, 4.69) is 5.32 Å². The molecule has 1 fully saturated rings. The van der Waals surface area contributed by atoms with Crippen LogP contribution in [0.5, 0.6) is 0 Å². The second-order valence-corrected chi connectivity index (χ2v) is 8.48. The van der Waals surface area contributed by atoms with Crippen LogP contribution in [0.1, 0.15) is 28.4 Å². The molecule has 0 bridgehead atoms. The minimum atomic E-state index is -0.480. The Balaban J connectivity index is 1.65. The Morgan fingerprint density at radius 1 is 1.24 bits per heavy atom. The summed E-state index contributed by atoms with van der Waals surface area (Å²) in [4.78, 5) is 27.1. The van der Waals surface area contributed by atoms with Crippen molar-refractivity contribution in [3.05, 3.63) is 62.7 Å². The fraction of sp³-hybridized carbons (Fsp3) is 0.350. The van der Waals surface area contributed by atoms with Crippen LogP contribution in [-0.2, 0) is 4.74 Å². The molecule has 1 saturated heterocycles. The molecule has 1 atom stereocenters. The number of thioether (sulfide) groups is 1. The van der Waals surface area contributed by atoms with Crippen LogP contribution < -0.4 is 10.2 Å². The zero-order chi connectivity index (χ0) is 20.4. The molecule has 1 amide bonds. The maximum absolute atomic E-state index is 13.2. The summed E-state index contributed by atoms with van der Waals surface area (Å²) in [5.41, 5.74) is 1.88. The summed E-state index contributed by atoms with van der Waals surface area (Å²) in [6.45, 7) is 2.39. The molecule has 1 unspecified atom stereocenters. The minimum absolute atomic E-state index is 0.102. The van der Waals surface area contributed by atoms with Gasteiger partial charge in [0, 0.05) is 40.9 Å². The van der Waals surface area contributed by atoms with Gasteiger partial charge in [0.1, 0.15) is 0 Å². The number of morpholine rings is 1. The van der Waals surface area contributed by atoms with Crippen LogP contribution >= 0.6 is 23.4 Å². The van der Waals surface area contributed by atoms with Gasteiger partial charge in [-0.15, -0.1) is 11.8 Å². The molecule has 9 heteroatoms. The predicted octanol–water partition coefficient (Wildman–Crippen LogP) is 4.05. The molecule has 2 aromatic carbocycles. The van der Waals surface area contributed by atoms with Crippen molar-refractivity contribution in [3.63, 3.8) is 0 Å². The number of nitrogens with one attached hydrogen (secondary N) is 1. The van der Waals surface area contributed by atoms with Crippen molar-refractivity contribution in [2.75, 3.05) is 37.0 Å². The molecule has 1 N–H and O–H groups in total. The van der Waals surface area contributed by atoms with Crippen LogP contribution in [0.4, 0.5) is 11.4 Å². The van der Waals surface area contributed by atoms with E-state index in [-0.39, 0.29) is 17.6 Å². The third-order valence-corrected chi connectivity index (χ3v) is 6.46. The number of anilines is 1. The van der Waals surface area contributed by atoms with Crippen molar-refractivity contribution in [1.29, 1.82) is 0 Å². The lowest BCUT2D eigenvalue weighted by molar-refractivity contribution is -0.384. The molecule has 2 aliphatic rings. The van der Waals surface area contributed by atoms with Crippen LogP contribution in [0.2, 0.25) is 5.02 Å². The van der Waals surface area contributed by atoms with Gasteiger partial charge in [-0.1, -0.05) is 11.6 Å². The molecule has 4 rings (SSSR count). The van der Waals surface area contributed by atoms with Crippen LogP contribution in [0, 0.1) is 10.1 Å². The summed E-state index contributed by atoms with van der Waals surface area (Å²) < 4.78 is 5.39. The van der Waals surface area contributed by atoms with E-state index in [0.717, 1.165) is 22.6 Å². The van der Waals surface area contributed by atoms with E-state index in [0.29, 0.717) is 42.6 Å². The topological polar surface area (TPSA) is 84.7 Å². The van der Waals surface area contributed by atoms with E-state index in [4.69, 9.17) is 16.3 Å². The normalized spacial score (nSPS) is 18.8. The number of nitro benzene ring substituents is 1. The van der Waals surface area contributed by atoms with Gasteiger partial charge in [0.05, 0.1) is 35.4 Å². The summed E-state index contributed by atoms with van der Waals surface area (Å²) in [6.07, 6.45) is 0.769. The van der Waals surface area contributed by atoms with Gasteiger partial charge in [-0.05, 0) is 36.2 Å². The van der Waals surface area contributed by atoms with Gasteiger partial charge in [-0.3, -0.25) is 14.9 Å². The van der Waals surface area contributed by atoms with Gasteiger partial charge in [-0.25, -0.2) is 0 Å². The number of amides is 1. The number of hydrogen-bond donors (Lipinski definition) is 1. The number of nitrogens with zero attached hydrogens (tertiary/aromatic N) is 2. The number of ether oxygens (including phenoxy) is 1. The van der Waals surface area contributed by atoms with Gasteiger partial charge in [0.2, 0.25) is 0 Å². The number of benzene rings is 2. The highest BCUT2D eigenvalue weighted by molar-refractivity contribution is 7.99. The fourth-order valence-corrected chi connectivity index (χ4v) is 4.94. The first kappa shape index (κ1) is 20.0. The minimum Gasteiger partial charge on any atom is -0.378 e. The van der Waals surface area contributed by atoms with E-state index < -0.39 is 4.92 Å². The highest BCUT2D eigenvalue weighted by atomic mass is 35.5. The first-order valence-corrected chi connectivity index (χ1v) is 10.7. The molecule has 29 heavy (non-hydrogen) atoms. The van der Waals surface area contributed by atoms with Crippen LogP contribution in [0.15, 0.2) is 41.3 Å². The zero-order valence-corrected chi connectivity index (χ0v) is 17.2. The van der Waals surface area contributed by atoms with Crippen LogP contribution in [0.3, 0.4) is 0 Å². The Hall–Kier alpha value is -2.29. The molecule has 0 aromatic heterocycles. The van der Waals surface area contributed by atoms with Gasteiger partial charge in [-0.2, -0.15) is 0 Å². The molecule has 0 aliphatic carbocycles. The van der Waals surface area contributed by atoms with E-state index in [1.54, 1.807) is 17.8 Å². The number of non-ortho nitro benzene ring substituents is 1. The highest BCUT2D eigenvalue weighted by Gasteiger charge is 2.27. The number of rotatable bonds is 4. The van der Waals surface area contributed by atoms with E-state index in [1.807, 2.05) is 23.1 Å². The van der Waals surface area contributed by atoms with Crippen molar-refractivity contribution >= 4 is 40.6 Å². The van der Waals surface area contributed by atoms with Crippen molar-refractivity contribution in [3.8, 4) is 0 Å². The maximum atomic E-state index is 13.2. The highest BCUT2D eigenvalue weighted by Crippen LogP contribution is 2.38. The molecule has 0 spiro atoms. The van der Waals surface area contributed by atoms with E-state index in [1.165, 1.54) is 12.1 Å². The number of hydrogen-bond acceptors (Lipinski definition) is 6. The lowest BCUT2D eigenvalue weighted by Crippen LogP contribution is -2.38. The van der Waals surface area contributed by atoms with Gasteiger partial charge in [0.25, 0.3) is 11.6 Å². The third kappa shape index (κ3) is 4.34. The van der Waals surface area contributed by atoms with Gasteiger partial charge < -0.3 is 15.0 Å². The molecule has 2 heterocycles. The first-order valence-electron chi connectivity index (χ1n) is 9.37. The number of halogens is 1. The van der Waals surface area contributed by atoms with E-state index in [9.17, 15) is 14.9 Å². The van der Waals surface area contributed by atoms with Gasteiger partial charge in [0.15, 0.2) is 0 Å². The molecule has 0 saturated carbocycles. The zero-order valence-electron chi connectivity index (χ0n) is 15.6. The summed E-state index contributed by atoms with van der Waals surface area (Å²) in [6, 6.07) is 9.95. The maximum Gasteiger partial charge on any atom is 0.270 e. The predicted molar refractivity (Wildman–Crippen MR) is 113 cm³/mol. The largest absolute Gasteiger partial charge is 0.378 e. The van der Waals surface area contributed by atoms with Crippen LogP contribution in [-0.4, -0.2) is 42.9 Å².